The minimum absolute atomic E-state index is 0. The molecule has 2 amide bonds. The standard InChI is InChI=1S/C28H37NO6.C23H29NO4.C20H24O2.C8H15NO5.ClH/c1-6-28(33)14-12-22-21-9-7-17-15-18(8-10-19(17)20(21)11-13-27(22,28)5)34-24(31)23(16-30)29-25(32)35-26(2,3)4;1-3-23(27)11-9-19-18-6-4-14-12-15(28-21(26)20(24)13-25)5-7-16(14)17(18)8-10-22(19,23)2;1-3-20(22)11-9-18-17-6-4-13-12-14(21)5-7-15(13)16(17)8-10-19(18,20)2;1-8(2,3)14-7(13)9-5(4-10)6(11)12;/h1,8,10,15,20-23,30,33H,7,9,11-14,16H2,2-5H3,(H,29,32);1,5,7,12,17-20,25,27H,4,6,8-11,13,24H2,2H3;1,5,7,12,16-18,21-22H,4,6,8-11H2,2H3;5,10H,4H2,1-3H3,(H,9,13)(H,11,12);1H/t20?,21?,22?,23-,27+,28+;17?,18?,19?,20-,22+,23+;16?,17?,18?,19-,20-;5-;/m1101./s1. The number of carboxylic acid groups (broad SMARTS) is 1. The first-order valence-corrected chi connectivity index (χ1v) is 35.4. The predicted molar refractivity (Wildman–Crippen MR) is 378 cm³/mol. The van der Waals surface area contributed by atoms with E-state index in [0.29, 0.717) is 83.4 Å². The summed E-state index contributed by atoms with van der Waals surface area (Å²) < 4.78 is 20.8. The number of rotatable bonds is 10. The minimum Gasteiger partial charge on any atom is -0.508 e. The van der Waals surface area contributed by atoms with Crippen molar-refractivity contribution in [3.63, 3.8) is 0 Å². The molecule has 12 N–H and O–H groups in total. The number of aliphatic hydroxyl groups excluding tert-OH is 3. The number of aliphatic carboxylic acids is 1. The Hall–Kier alpha value is -6.90. The molecule has 100 heavy (non-hydrogen) atoms. The maximum absolute atomic E-state index is 12.6. The van der Waals surface area contributed by atoms with Gasteiger partial charge in [0.2, 0.25) is 0 Å². The van der Waals surface area contributed by atoms with E-state index in [9.17, 15) is 49.5 Å². The molecule has 12 rings (SSSR count). The molecule has 9 aliphatic rings. The van der Waals surface area contributed by atoms with Crippen molar-refractivity contribution in [2.24, 2.45) is 57.5 Å². The maximum Gasteiger partial charge on any atom is 0.408 e. The first-order chi connectivity index (χ1) is 46.5. The minimum atomic E-state index is -1.33. The number of phenolic OH excluding ortho intramolecular Hbond substituents is 1. The maximum atomic E-state index is 12.6. The van der Waals surface area contributed by atoms with Crippen LogP contribution in [-0.2, 0) is 43.1 Å². The Morgan fingerprint density at radius 2 is 0.860 bits per heavy atom. The van der Waals surface area contributed by atoms with Gasteiger partial charge in [-0.05, 0) is 280 Å². The zero-order chi connectivity index (χ0) is 72.6. The van der Waals surface area contributed by atoms with Crippen LogP contribution in [0.25, 0.3) is 0 Å². The summed E-state index contributed by atoms with van der Waals surface area (Å²) in [5.41, 5.74) is 8.36. The van der Waals surface area contributed by atoms with Crippen LogP contribution in [0.15, 0.2) is 54.6 Å². The average molecular weight is 1410 g/mol. The molecule has 0 bridgehead atoms. The summed E-state index contributed by atoms with van der Waals surface area (Å²) in [5.74, 6) is 11.2. The summed E-state index contributed by atoms with van der Waals surface area (Å²) in [4.78, 5) is 57.9. The van der Waals surface area contributed by atoms with Crippen molar-refractivity contribution in [1.82, 2.24) is 10.6 Å². The second-order valence-corrected chi connectivity index (χ2v) is 32.1. The highest BCUT2D eigenvalue weighted by molar-refractivity contribution is 5.85. The molecule has 3 aromatic rings. The largest absolute Gasteiger partial charge is 0.508 e. The molecule has 9 unspecified atom stereocenters. The number of hydrogen-bond donors (Lipinski definition) is 11. The Kier molecular flexibility index (Phi) is 24.1. The van der Waals surface area contributed by atoms with Gasteiger partial charge in [-0.2, -0.15) is 0 Å². The number of benzene rings is 3. The molecule has 0 aliphatic heterocycles. The fourth-order valence-electron chi connectivity index (χ4n) is 19.3. The lowest BCUT2D eigenvalue weighted by Gasteiger charge is -2.52. The monoisotopic (exact) mass is 1400 g/mol. The Morgan fingerprint density at radius 1 is 0.520 bits per heavy atom. The first-order valence-electron chi connectivity index (χ1n) is 35.4. The van der Waals surface area contributed by atoms with Gasteiger partial charge in [-0.3, -0.25) is 0 Å². The fraction of sp³-hybridized carbons (Fsp3) is 0.633. The van der Waals surface area contributed by atoms with Crippen LogP contribution in [-0.4, -0.2) is 137 Å². The molecule has 20 nitrogen and oxygen atoms in total. The van der Waals surface area contributed by atoms with E-state index in [1.165, 1.54) is 27.8 Å². The van der Waals surface area contributed by atoms with Crippen molar-refractivity contribution in [3.05, 3.63) is 88.0 Å². The number of hydrogen-bond acceptors (Lipinski definition) is 17. The molecule has 0 radical (unpaired) electrons. The third-order valence-corrected chi connectivity index (χ3v) is 24.5. The molecule has 0 spiro atoms. The number of phenols is 1. The lowest BCUT2D eigenvalue weighted by atomic mass is 9.53. The van der Waals surface area contributed by atoms with E-state index < -0.39 is 96.0 Å². The molecule has 0 saturated heterocycles. The molecular weight excluding hydrogens is 1300 g/mol. The zero-order valence-corrected chi connectivity index (χ0v) is 60.3. The summed E-state index contributed by atoms with van der Waals surface area (Å²) in [6.07, 6.45) is 32.6. The number of fused-ring (bicyclic) bond motifs is 15. The summed E-state index contributed by atoms with van der Waals surface area (Å²) in [6, 6.07) is 13.8. The Balaban J connectivity index is 0.000000177. The highest BCUT2D eigenvalue weighted by atomic mass is 35.5. The van der Waals surface area contributed by atoms with Gasteiger partial charge in [-0.1, -0.05) is 56.7 Å². The van der Waals surface area contributed by atoms with Crippen LogP contribution >= 0.6 is 12.4 Å². The number of nitrogens with two attached hydrogens (primary N) is 1. The quantitative estimate of drug-likeness (QED) is 0.0511. The van der Waals surface area contributed by atoms with Gasteiger partial charge in [0.15, 0.2) is 12.1 Å². The molecule has 9 aliphatic carbocycles. The molecule has 0 heterocycles. The van der Waals surface area contributed by atoms with E-state index in [1.54, 1.807) is 47.6 Å². The first kappa shape index (κ1) is 78.8. The summed E-state index contributed by atoms with van der Waals surface area (Å²) >= 11 is 0. The smallest absolute Gasteiger partial charge is 0.408 e. The number of aryl methyl sites for hydroxylation is 3. The van der Waals surface area contributed by atoms with E-state index in [1.807, 2.05) is 41.7 Å². The summed E-state index contributed by atoms with van der Waals surface area (Å²) in [5, 5.41) is 82.8. The van der Waals surface area contributed by atoms with E-state index in [2.05, 4.69) is 56.0 Å². The number of carboxylic acids is 1. The number of halogens is 1. The van der Waals surface area contributed by atoms with Crippen molar-refractivity contribution in [2.75, 3.05) is 19.8 Å². The number of esters is 2. The van der Waals surface area contributed by atoms with Crippen LogP contribution in [0.5, 0.6) is 17.2 Å². The number of terminal acetylenes is 3. The Bertz CT molecular complexity index is 3640. The lowest BCUT2D eigenvalue weighted by molar-refractivity contribution is -0.140. The van der Waals surface area contributed by atoms with E-state index in [-0.39, 0.29) is 28.7 Å². The highest BCUT2D eigenvalue weighted by Crippen LogP contribution is 2.67. The van der Waals surface area contributed by atoms with E-state index in [4.69, 9.17) is 59.3 Å². The van der Waals surface area contributed by atoms with Crippen LogP contribution < -0.4 is 25.8 Å². The summed E-state index contributed by atoms with van der Waals surface area (Å²) in [7, 11) is 0. The number of ether oxygens (including phenoxy) is 4. The normalized spacial score (nSPS) is 33.0. The molecule has 6 saturated carbocycles. The lowest BCUT2D eigenvalue weighted by Crippen LogP contribution is -2.50. The van der Waals surface area contributed by atoms with Gasteiger partial charge in [0.05, 0.1) is 19.8 Å². The number of carbonyl (C=O) groups excluding carboxylic acids is 4. The number of alkyl carbamates (subject to hydrolysis) is 2. The number of amides is 2. The molecule has 18 atom stereocenters. The van der Waals surface area contributed by atoms with E-state index >= 15 is 0 Å². The third-order valence-electron chi connectivity index (χ3n) is 24.5. The van der Waals surface area contributed by atoms with Gasteiger partial charge in [0.1, 0.15) is 51.3 Å². The van der Waals surface area contributed by atoms with Crippen molar-refractivity contribution in [2.45, 2.75) is 242 Å². The molecule has 0 aromatic heterocycles. The van der Waals surface area contributed by atoms with Crippen molar-refractivity contribution >= 4 is 42.5 Å². The molecule has 21 heteroatoms. The van der Waals surface area contributed by atoms with Crippen LogP contribution in [0.1, 0.15) is 210 Å². The van der Waals surface area contributed by atoms with Crippen molar-refractivity contribution in [1.29, 1.82) is 0 Å². The van der Waals surface area contributed by atoms with Gasteiger partial charge < -0.3 is 76.2 Å². The number of aliphatic hydroxyl groups is 6. The second kappa shape index (κ2) is 30.6. The third kappa shape index (κ3) is 15.7. The van der Waals surface area contributed by atoms with Crippen LogP contribution in [0.4, 0.5) is 9.59 Å². The molecular formula is C79H106ClN3O17. The van der Waals surface area contributed by atoms with Crippen molar-refractivity contribution < 1.29 is 83.8 Å². The summed E-state index contributed by atoms with van der Waals surface area (Å²) in [6.45, 7) is 15.0. The average Bonchev–Trinajstić information content (AvgIpc) is 1.52. The number of aromatic hydroxyl groups is 1. The van der Waals surface area contributed by atoms with Gasteiger partial charge in [0, 0.05) is 16.2 Å². The molecule has 3 aromatic carbocycles. The molecule has 6 fully saturated rings. The Labute approximate surface area is 595 Å². The second-order valence-electron chi connectivity index (χ2n) is 32.1. The van der Waals surface area contributed by atoms with Crippen LogP contribution in [0.2, 0.25) is 0 Å². The number of nitrogens with one attached hydrogen (secondary N) is 2. The fourth-order valence-corrected chi connectivity index (χ4v) is 19.3. The van der Waals surface area contributed by atoms with E-state index in [0.717, 1.165) is 108 Å². The van der Waals surface area contributed by atoms with Gasteiger partial charge in [-0.25, -0.2) is 24.0 Å². The van der Waals surface area contributed by atoms with Crippen LogP contribution in [0, 0.1) is 88.8 Å². The Morgan fingerprint density at radius 3 is 1.19 bits per heavy atom. The van der Waals surface area contributed by atoms with Gasteiger partial charge in [0.25, 0.3) is 0 Å². The molecule has 546 valence electrons. The van der Waals surface area contributed by atoms with Crippen molar-refractivity contribution in [3.8, 4) is 54.3 Å². The van der Waals surface area contributed by atoms with Gasteiger partial charge in [-0.15, -0.1) is 31.7 Å². The number of carbonyl (C=O) groups is 5. The van der Waals surface area contributed by atoms with Gasteiger partial charge >= 0.3 is 30.1 Å². The zero-order valence-electron chi connectivity index (χ0n) is 59.4. The van der Waals surface area contributed by atoms with Crippen LogP contribution in [0.3, 0.4) is 0 Å². The highest BCUT2D eigenvalue weighted by Gasteiger charge is 2.64. The topological polar surface area (TPSA) is 334 Å². The predicted octanol–water partition coefficient (Wildman–Crippen LogP) is 9.82. The SMILES string of the molecule is C#C[C@]1(O)CCC2C3CCc4cc(O)ccc4C3CC[C@@]21C.C#C[C@]1(O)CCC2C3CCc4cc(OC(=O)[C@@H](CO)NC(=O)OC(C)(C)C)ccc4C3CC[C@@]21C.C#C[C@]1(O)CCC2C3CCc4cc(OC(=O)[C@H](N)CO)ccc4C3CC[C@@]21C.CC(C)(C)OC(=O)N[C@H](CO)C(=O)O.Cl.